The molecule has 4 atom stereocenters. The first-order chi connectivity index (χ1) is 6.42. The molecule has 0 aliphatic carbocycles. The van der Waals surface area contributed by atoms with E-state index in [-0.39, 0.29) is 6.42 Å². The van der Waals surface area contributed by atoms with E-state index in [2.05, 4.69) is 0 Å². The van der Waals surface area contributed by atoms with E-state index in [1.54, 1.807) is 6.92 Å². The monoisotopic (exact) mass is 226 g/mol. The van der Waals surface area contributed by atoms with Crippen molar-refractivity contribution < 1.29 is 25.5 Å². The van der Waals surface area contributed by atoms with E-state index in [0.717, 1.165) is 11.8 Å². The van der Waals surface area contributed by atoms with Gasteiger partial charge in [0.15, 0.2) is 4.93 Å². The minimum absolute atomic E-state index is 0.258. The van der Waals surface area contributed by atoms with Gasteiger partial charge in [-0.05, 0) is 12.7 Å². The predicted molar refractivity (Wildman–Crippen MR) is 53.9 cm³/mol. The topological polar surface area (TPSA) is 101 Å². The molecular weight excluding hydrogens is 208 g/mol. The molecule has 0 rings (SSSR count). The maximum absolute atomic E-state index is 9.60. The minimum atomic E-state index is -1.84. The lowest BCUT2D eigenvalue weighted by Gasteiger charge is -2.33. The Hall–Kier alpha value is 0.150. The van der Waals surface area contributed by atoms with Crippen LogP contribution in [0, 0.1) is 0 Å². The number of hydrogen-bond acceptors (Lipinski definition) is 6. The first-order valence-electron chi connectivity index (χ1n) is 4.35. The van der Waals surface area contributed by atoms with Gasteiger partial charge in [-0.3, -0.25) is 0 Å². The SMILES string of the molecule is CC[C@@H](O)C(O)[C@@H](O)C(O)(CO)SC. The molecule has 0 radical (unpaired) electrons. The number of aliphatic hydroxyl groups excluding tert-OH is 4. The molecule has 0 saturated carbocycles. The van der Waals surface area contributed by atoms with Gasteiger partial charge in [-0.15, -0.1) is 11.8 Å². The van der Waals surface area contributed by atoms with E-state index in [9.17, 15) is 20.4 Å². The fourth-order valence-electron chi connectivity index (χ4n) is 0.998. The molecule has 0 bridgehead atoms. The summed E-state index contributed by atoms with van der Waals surface area (Å²) in [5.74, 6) is 0. The van der Waals surface area contributed by atoms with E-state index in [4.69, 9.17) is 5.11 Å². The lowest BCUT2D eigenvalue weighted by Crippen LogP contribution is -2.52. The van der Waals surface area contributed by atoms with Crippen molar-refractivity contribution in [2.75, 3.05) is 12.9 Å². The molecule has 0 heterocycles. The van der Waals surface area contributed by atoms with Crippen LogP contribution >= 0.6 is 11.8 Å². The molecule has 0 saturated heterocycles. The Balaban J connectivity index is 4.49. The summed E-state index contributed by atoms with van der Waals surface area (Å²) in [6, 6.07) is 0. The van der Waals surface area contributed by atoms with Crippen LogP contribution < -0.4 is 0 Å². The summed E-state index contributed by atoms with van der Waals surface area (Å²) < 4.78 is 0. The Kier molecular flexibility index (Phi) is 5.96. The van der Waals surface area contributed by atoms with Gasteiger partial charge in [-0.25, -0.2) is 0 Å². The van der Waals surface area contributed by atoms with Crippen molar-refractivity contribution in [3.8, 4) is 0 Å². The predicted octanol–water partition coefficient (Wildman–Crippen LogP) is -1.48. The van der Waals surface area contributed by atoms with Gasteiger partial charge in [0.25, 0.3) is 0 Å². The first-order valence-corrected chi connectivity index (χ1v) is 5.58. The molecule has 0 fully saturated rings. The van der Waals surface area contributed by atoms with Crippen molar-refractivity contribution in [3.63, 3.8) is 0 Å². The zero-order valence-electron chi connectivity index (χ0n) is 8.29. The molecule has 0 aromatic rings. The number of hydrogen-bond donors (Lipinski definition) is 5. The maximum Gasteiger partial charge on any atom is 0.161 e. The van der Waals surface area contributed by atoms with Gasteiger partial charge in [0.05, 0.1) is 12.7 Å². The highest BCUT2D eigenvalue weighted by Gasteiger charge is 2.41. The third kappa shape index (κ3) is 3.08. The molecule has 0 aliphatic heterocycles. The average molecular weight is 226 g/mol. The van der Waals surface area contributed by atoms with Crippen molar-refractivity contribution >= 4 is 11.8 Å². The van der Waals surface area contributed by atoms with Gasteiger partial charge < -0.3 is 25.5 Å². The van der Waals surface area contributed by atoms with Gasteiger partial charge in [0.2, 0.25) is 0 Å². The van der Waals surface area contributed by atoms with Gasteiger partial charge in [-0.2, -0.15) is 0 Å². The Morgan fingerprint density at radius 1 is 1.29 bits per heavy atom. The highest BCUT2D eigenvalue weighted by molar-refractivity contribution is 7.99. The van der Waals surface area contributed by atoms with Crippen LogP contribution in [0.1, 0.15) is 13.3 Å². The second-order valence-electron chi connectivity index (χ2n) is 3.12. The van der Waals surface area contributed by atoms with Crippen molar-refractivity contribution in [3.05, 3.63) is 0 Å². The van der Waals surface area contributed by atoms with Crippen LogP contribution in [0.5, 0.6) is 0 Å². The number of aliphatic hydroxyl groups is 5. The van der Waals surface area contributed by atoms with Gasteiger partial charge in [0.1, 0.15) is 12.2 Å². The fourth-order valence-corrected chi connectivity index (χ4v) is 1.51. The molecule has 2 unspecified atom stereocenters. The lowest BCUT2D eigenvalue weighted by molar-refractivity contribution is -0.128. The highest BCUT2D eigenvalue weighted by atomic mass is 32.2. The molecular formula is C8H18O5S. The van der Waals surface area contributed by atoms with Crippen molar-refractivity contribution in [1.29, 1.82) is 0 Å². The Morgan fingerprint density at radius 2 is 1.79 bits per heavy atom. The summed E-state index contributed by atoms with van der Waals surface area (Å²) in [6.45, 7) is 0.945. The molecule has 0 aliphatic rings. The quantitative estimate of drug-likeness (QED) is 0.354. The molecule has 5 nitrogen and oxygen atoms in total. The zero-order valence-corrected chi connectivity index (χ0v) is 9.11. The number of rotatable bonds is 6. The highest BCUT2D eigenvalue weighted by Crippen LogP contribution is 2.26. The maximum atomic E-state index is 9.60. The average Bonchev–Trinajstić information content (AvgIpc) is 2.24. The van der Waals surface area contributed by atoms with Crippen LogP contribution in [0.4, 0.5) is 0 Å². The molecule has 0 spiro atoms. The van der Waals surface area contributed by atoms with Gasteiger partial charge >= 0.3 is 0 Å². The third-order valence-electron chi connectivity index (χ3n) is 2.18. The largest absolute Gasteiger partial charge is 0.392 e. The molecule has 14 heavy (non-hydrogen) atoms. The second-order valence-corrected chi connectivity index (χ2v) is 4.23. The second kappa shape index (κ2) is 5.89. The van der Waals surface area contributed by atoms with Crippen LogP contribution in [0.15, 0.2) is 0 Å². The van der Waals surface area contributed by atoms with E-state index >= 15 is 0 Å². The summed E-state index contributed by atoms with van der Waals surface area (Å²) in [7, 11) is 0. The molecule has 0 aromatic carbocycles. The zero-order chi connectivity index (χ0) is 11.4. The lowest BCUT2D eigenvalue weighted by atomic mass is 10.0. The Labute approximate surface area is 87.4 Å². The fraction of sp³-hybridized carbons (Fsp3) is 1.00. The smallest absolute Gasteiger partial charge is 0.161 e. The van der Waals surface area contributed by atoms with Crippen molar-refractivity contribution in [2.24, 2.45) is 0 Å². The molecule has 6 heteroatoms. The van der Waals surface area contributed by atoms with Crippen LogP contribution in [0.2, 0.25) is 0 Å². The normalized spacial score (nSPS) is 22.5. The van der Waals surface area contributed by atoms with Crippen LogP contribution in [0.3, 0.4) is 0 Å². The van der Waals surface area contributed by atoms with E-state index in [1.807, 2.05) is 0 Å². The van der Waals surface area contributed by atoms with E-state index < -0.39 is 29.9 Å². The summed E-state index contributed by atoms with van der Waals surface area (Å²) >= 11 is 0.821. The van der Waals surface area contributed by atoms with Crippen molar-refractivity contribution in [2.45, 2.75) is 36.6 Å². The van der Waals surface area contributed by atoms with Crippen LogP contribution in [-0.2, 0) is 0 Å². The van der Waals surface area contributed by atoms with Gasteiger partial charge in [-0.1, -0.05) is 6.92 Å². The molecule has 0 aromatic heterocycles. The summed E-state index contributed by atoms with van der Waals surface area (Å²) in [5, 5.41) is 46.6. The molecule has 0 amide bonds. The van der Waals surface area contributed by atoms with E-state index in [1.165, 1.54) is 6.26 Å². The van der Waals surface area contributed by atoms with Crippen LogP contribution in [-0.4, -0.2) is 61.6 Å². The summed E-state index contributed by atoms with van der Waals surface area (Å²) in [4.78, 5) is -1.84. The Morgan fingerprint density at radius 3 is 2.07 bits per heavy atom. The molecule has 86 valence electrons. The van der Waals surface area contributed by atoms with Crippen LogP contribution in [0.25, 0.3) is 0 Å². The molecule has 5 N–H and O–H groups in total. The summed E-state index contributed by atoms with van der Waals surface area (Å²) in [6.07, 6.45) is -2.42. The standard InChI is InChI=1S/C8H18O5S/c1-3-5(10)6(11)7(12)8(13,4-9)14-2/h5-7,9-13H,3-4H2,1-2H3/t5-,6?,7-,8?/m1/s1. The Bertz CT molecular complexity index is 162. The van der Waals surface area contributed by atoms with E-state index in [0.29, 0.717) is 0 Å². The number of thioether (sulfide) groups is 1. The third-order valence-corrected chi connectivity index (χ3v) is 3.26. The summed E-state index contributed by atoms with van der Waals surface area (Å²) in [5.41, 5.74) is 0. The van der Waals surface area contributed by atoms with Crippen molar-refractivity contribution in [1.82, 2.24) is 0 Å². The van der Waals surface area contributed by atoms with Gasteiger partial charge in [0, 0.05) is 0 Å². The minimum Gasteiger partial charge on any atom is -0.392 e. The first kappa shape index (κ1) is 14.2.